The van der Waals surface area contributed by atoms with Gasteiger partial charge >= 0.3 is 12.1 Å². The van der Waals surface area contributed by atoms with Crippen LogP contribution in [0.1, 0.15) is 28.7 Å². The Morgan fingerprint density at radius 1 is 1.12 bits per heavy atom. The van der Waals surface area contributed by atoms with Crippen molar-refractivity contribution in [3.63, 3.8) is 0 Å². The Balaban J connectivity index is 1.85. The molecule has 2 aromatic carbocycles. The van der Waals surface area contributed by atoms with Gasteiger partial charge in [0.05, 0.1) is 22.0 Å². The lowest BCUT2D eigenvalue weighted by Crippen LogP contribution is -2.33. The Hall–Kier alpha value is -3.66. The van der Waals surface area contributed by atoms with E-state index in [2.05, 4.69) is 10.4 Å². The summed E-state index contributed by atoms with van der Waals surface area (Å²) in [5.41, 5.74) is -1.93. The average Bonchev–Trinajstić information content (AvgIpc) is 2.74. The SMILES string of the molecule is Cc1cc(=O)c(C(=O)OC(C)C(=O)Nc2ccccc2Cl)nn1-c1cccc(C(F)(F)F)c1. The highest BCUT2D eigenvalue weighted by Crippen LogP contribution is 2.30. The second-order valence-corrected chi connectivity index (χ2v) is 7.38. The Labute approximate surface area is 190 Å². The number of halogens is 4. The van der Waals surface area contributed by atoms with Crippen molar-refractivity contribution in [2.75, 3.05) is 5.32 Å². The largest absolute Gasteiger partial charge is 0.448 e. The van der Waals surface area contributed by atoms with Crippen molar-refractivity contribution in [2.45, 2.75) is 26.1 Å². The fraction of sp³-hybridized carbons (Fsp3) is 0.182. The number of amides is 1. The van der Waals surface area contributed by atoms with Gasteiger partial charge < -0.3 is 10.1 Å². The predicted octanol–water partition coefficient (Wildman–Crippen LogP) is 4.40. The molecular formula is C22H17ClF3N3O4. The van der Waals surface area contributed by atoms with Gasteiger partial charge in [-0.3, -0.25) is 9.59 Å². The molecule has 172 valence electrons. The smallest absolute Gasteiger partial charge is 0.416 e. The standard InChI is InChI=1S/C22H17ClF3N3O4/c1-12-10-18(30)19(28-29(12)15-7-5-6-14(11-15)22(24,25)26)21(32)33-13(2)20(31)27-17-9-4-3-8-16(17)23/h3-11,13H,1-2H3,(H,27,31). The Kier molecular flexibility index (Phi) is 6.87. The number of hydrogen-bond donors (Lipinski definition) is 1. The van der Waals surface area contributed by atoms with Crippen molar-refractivity contribution in [2.24, 2.45) is 0 Å². The molecule has 1 aromatic heterocycles. The number of anilines is 1. The molecule has 11 heteroatoms. The van der Waals surface area contributed by atoms with Gasteiger partial charge in [-0.15, -0.1) is 0 Å². The highest BCUT2D eigenvalue weighted by molar-refractivity contribution is 6.33. The van der Waals surface area contributed by atoms with Gasteiger partial charge in [0, 0.05) is 11.8 Å². The number of carbonyl (C=O) groups is 2. The second-order valence-electron chi connectivity index (χ2n) is 6.98. The van der Waals surface area contributed by atoms with Crippen LogP contribution in [0.25, 0.3) is 5.69 Å². The Morgan fingerprint density at radius 2 is 1.82 bits per heavy atom. The summed E-state index contributed by atoms with van der Waals surface area (Å²) in [7, 11) is 0. The van der Waals surface area contributed by atoms with Crippen LogP contribution in [0.5, 0.6) is 0 Å². The average molecular weight is 480 g/mol. The van der Waals surface area contributed by atoms with Crippen LogP contribution in [-0.2, 0) is 15.7 Å². The molecule has 0 bridgehead atoms. The molecular weight excluding hydrogens is 463 g/mol. The zero-order valence-corrected chi connectivity index (χ0v) is 18.1. The van der Waals surface area contributed by atoms with E-state index in [-0.39, 0.29) is 16.4 Å². The molecule has 3 aromatic rings. The maximum Gasteiger partial charge on any atom is 0.416 e. The fourth-order valence-corrected chi connectivity index (χ4v) is 3.01. The number of aromatic nitrogens is 2. The first kappa shape index (κ1) is 24.0. The molecule has 0 aliphatic rings. The van der Waals surface area contributed by atoms with Gasteiger partial charge in [-0.1, -0.05) is 29.8 Å². The minimum absolute atomic E-state index is 0.0131. The number of ether oxygens (including phenoxy) is 1. The van der Waals surface area contributed by atoms with Crippen molar-refractivity contribution < 1.29 is 27.5 Å². The fourth-order valence-electron chi connectivity index (χ4n) is 2.83. The molecule has 1 heterocycles. The minimum Gasteiger partial charge on any atom is -0.448 e. The van der Waals surface area contributed by atoms with Crippen molar-refractivity contribution in [3.8, 4) is 5.69 Å². The Bertz CT molecular complexity index is 1270. The van der Waals surface area contributed by atoms with Gasteiger partial charge in [-0.25, -0.2) is 9.48 Å². The van der Waals surface area contributed by atoms with Crippen LogP contribution in [0.15, 0.2) is 59.4 Å². The van der Waals surface area contributed by atoms with Gasteiger partial charge in [-0.2, -0.15) is 18.3 Å². The zero-order valence-electron chi connectivity index (χ0n) is 17.3. The molecule has 1 N–H and O–H groups in total. The second kappa shape index (κ2) is 9.45. The normalized spacial score (nSPS) is 12.2. The molecule has 0 fully saturated rings. The summed E-state index contributed by atoms with van der Waals surface area (Å²) >= 11 is 5.98. The molecule has 7 nitrogen and oxygen atoms in total. The van der Waals surface area contributed by atoms with E-state index in [0.717, 1.165) is 22.9 Å². The summed E-state index contributed by atoms with van der Waals surface area (Å²) < 4.78 is 45.2. The first-order valence-corrected chi connectivity index (χ1v) is 9.90. The number of esters is 1. The summed E-state index contributed by atoms with van der Waals surface area (Å²) in [5, 5.41) is 6.65. The van der Waals surface area contributed by atoms with Crippen LogP contribution in [0.2, 0.25) is 5.02 Å². The number of rotatable bonds is 5. The van der Waals surface area contributed by atoms with Gasteiger partial charge in [0.1, 0.15) is 0 Å². The number of alkyl halides is 3. The maximum atomic E-state index is 13.1. The highest BCUT2D eigenvalue weighted by atomic mass is 35.5. The first-order valence-electron chi connectivity index (χ1n) is 9.52. The number of para-hydroxylation sites is 1. The van der Waals surface area contributed by atoms with Crippen LogP contribution in [0.3, 0.4) is 0 Å². The van der Waals surface area contributed by atoms with Crippen LogP contribution in [-0.4, -0.2) is 27.8 Å². The van der Waals surface area contributed by atoms with Gasteiger partial charge in [-0.05, 0) is 44.2 Å². The van der Waals surface area contributed by atoms with Crippen LogP contribution < -0.4 is 10.7 Å². The molecule has 0 radical (unpaired) electrons. The third kappa shape index (κ3) is 5.58. The third-order valence-corrected chi connectivity index (χ3v) is 4.83. The molecule has 0 spiro atoms. The maximum absolute atomic E-state index is 13.1. The quantitative estimate of drug-likeness (QED) is 0.548. The number of benzene rings is 2. The summed E-state index contributed by atoms with van der Waals surface area (Å²) in [6.07, 6.45) is -5.91. The van der Waals surface area contributed by atoms with Crippen LogP contribution >= 0.6 is 11.6 Å². The van der Waals surface area contributed by atoms with Crippen molar-refractivity contribution in [1.82, 2.24) is 9.78 Å². The lowest BCUT2D eigenvalue weighted by molar-refractivity contribution is -0.137. The van der Waals surface area contributed by atoms with Gasteiger partial charge in [0.25, 0.3) is 5.91 Å². The van der Waals surface area contributed by atoms with E-state index in [1.807, 2.05) is 0 Å². The van der Waals surface area contributed by atoms with E-state index in [4.69, 9.17) is 16.3 Å². The van der Waals surface area contributed by atoms with E-state index in [1.165, 1.54) is 26.0 Å². The van der Waals surface area contributed by atoms with Gasteiger partial charge in [0.2, 0.25) is 11.1 Å². The van der Waals surface area contributed by atoms with Gasteiger partial charge in [0.15, 0.2) is 6.10 Å². The number of carbonyl (C=O) groups excluding carboxylic acids is 2. The molecule has 0 aliphatic heterocycles. The van der Waals surface area contributed by atoms with E-state index < -0.39 is 40.8 Å². The number of hydrogen-bond acceptors (Lipinski definition) is 5. The number of nitrogens with one attached hydrogen (secondary N) is 1. The number of nitrogens with zero attached hydrogens (tertiary/aromatic N) is 2. The summed E-state index contributed by atoms with van der Waals surface area (Å²) in [6.45, 7) is 2.73. The third-order valence-electron chi connectivity index (χ3n) is 4.50. The van der Waals surface area contributed by atoms with Crippen LogP contribution in [0, 0.1) is 6.92 Å². The molecule has 33 heavy (non-hydrogen) atoms. The molecule has 1 amide bonds. The van der Waals surface area contributed by atoms with Crippen molar-refractivity contribution in [1.29, 1.82) is 0 Å². The van der Waals surface area contributed by atoms with E-state index in [9.17, 15) is 27.6 Å². The van der Waals surface area contributed by atoms with E-state index in [1.54, 1.807) is 24.3 Å². The summed E-state index contributed by atoms with van der Waals surface area (Å²) in [4.78, 5) is 37.2. The highest BCUT2D eigenvalue weighted by Gasteiger charge is 2.31. The predicted molar refractivity (Wildman–Crippen MR) is 115 cm³/mol. The van der Waals surface area contributed by atoms with Crippen molar-refractivity contribution >= 4 is 29.2 Å². The van der Waals surface area contributed by atoms with Crippen molar-refractivity contribution in [3.05, 3.63) is 86.8 Å². The molecule has 1 unspecified atom stereocenters. The lowest BCUT2D eigenvalue weighted by Gasteiger charge is -2.15. The first-order chi connectivity index (χ1) is 15.5. The molecule has 0 saturated heterocycles. The summed E-state index contributed by atoms with van der Waals surface area (Å²) in [6, 6.07) is 11.7. The topological polar surface area (TPSA) is 90.3 Å². The molecule has 1 atom stereocenters. The minimum atomic E-state index is -4.59. The van der Waals surface area contributed by atoms with Crippen LogP contribution in [0.4, 0.5) is 18.9 Å². The number of aryl methyl sites for hydroxylation is 1. The Morgan fingerprint density at radius 3 is 2.48 bits per heavy atom. The monoisotopic (exact) mass is 479 g/mol. The van der Waals surface area contributed by atoms with E-state index >= 15 is 0 Å². The molecule has 0 aliphatic carbocycles. The van der Waals surface area contributed by atoms with E-state index in [0.29, 0.717) is 5.69 Å². The summed E-state index contributed by atoms with van der Waals surface area (Å²) in [5.74, 6) is -1.91. The zero-order chi connectivity index (χ0) is 24.3. The molecule has 0 saturated carbocycles. The lowest BCUT2D eigenvalue weighted by atomic mass is 10.2. The molecule has 3 rings (SSSR count).